The molecule has 0 spiro atoms. The van der Waals surface area contributed by atoms with Gasteiger partial charge in [-0.3, -0.25) is 4.79 Å². The Balaban J connectivity index is 2.08. The Labute approximate surface area is 109 Å². The molecule has 1 aromatic rings. The number of hydrogen-bond acceptors (Lipinski definition) is 2. The fourth-order valence-corrected chi connectivity index (χ4v) is 2.00. The van der Waals surface area contributed by atoms with Gasteiger partial charge in [-0.05, 0) is 25.3 Å². The maximum absolute atomic E-state index is 12.0. The van der Waals surface area contributed by atoms with E-state index in [0.29, 0.717) is 0 Å². The molecule has 0 heterocycles. The van der Waals surface area contributed by atoms with Crippen LogP contribution in [0.15, 0.2) is 30.3 Å². The molecule has 3 N–H and O–H groups in total. The van der Waals surface area contributed by atoms with Crippen molar-refractivity contribution in [1.29, 1.82) is 0 Å². The zero-order chi connectivity index (χ0) is 13.4. The summed E-state index contributed by atoms with van der Waals surface area (Å²) >= 11 is 0. The Hall–Kier alpha value is -1.35. The van der Waals surface area contributed by atoms with Crippen molar-refractivity contribution in [3.63, 3.8) is 0 Å². The van der Waals surface area contributed by atoms with Gasteiger partial charge in [-0.1, -0.05) is 44.2 Å². The van der Waals surface area contributed by atoms with E-state index in [9.17, 15) is 4.79 Å². The van der Waals surface area contributed by atoms with Gasteiger partial charge in [0.15, 0.2) is 0 Å². The Morgan fingerprint density at radius 3 is 2.39 bits per heavy atom. The van der Waals surface area contributed by atoms with Gasteiger partial charge >= 0.3 is 0 Å². The van der Waals surface area contributed by atoms with Crippen LogP contribution in [0.5, 0.6) is 0 Å². The SMILES string of the molecule is CC(NC(=O)C1(N)CC1)C(C)(C)c1ccccc1. The molecule has 18 heavy (non-hydrogen) atoms. The van der Waals surface area contributed by atoms with Crippen LogP contribution < -0.4 is 11.1 Å². The van der Waals surface area contributed by atoms with E-state index in [1.165, 1.54) is 5.56 Å². The minimum absolute atomic E-state index is 0.0148. The van der Waals surface area contributed by atoms with E-state index in [2.05, 4.69) is 31.3 Å². The van der Waals surface area contributed by atoms with Crippen molar-refractivity contribution in [2.75, 3.05) is 0 Å². The summed E-state index contributed by atoms with van der Waals surface area (Å²) in [4.78, 5) is 12.0. The van der Waals surface area contributed by atoms with Gasteiger partial charge in [-0.25, -0.2) is 0 Å². The zero-order valence-corrected chi connectivity index (χ0v) is 11.4. The van der Waals surface area contributed by atoms with Crippen LogP contribution >= 0.6 is 0 Å². The fourth-order valence-electron chi connectivity index (χ4n) is 2.00. The molecule has 0 radical (unpaired) electrons. The van der Waals surface area contributed by atoms with E-state index in [4.69, 9.17) is 5.73 Å². The molecule has 2 rings (SSSR count). The monoisotopic (exact) mass is 246 g/mol. The van der Waals surface area contributed by atoms with Crippen molar-refractivity contribution in [2.24, 2.45) is 5.73 Å². The normalized spacial score (nSPS) is 19.1. The van der Waals surface area contributed by atoms with Crippen molar-refractivity contribution < 1.29 is 4.79 Å². The summed E-state index contributed by atoms with van der Waals surface area (Å²) in [6, 6.07) is 10.3. The molecule has 3 heteroatoms. The molecule has 1 fully saturated rings. The number of carbonyl (C=O) groups excluding carboxylic acids is 1. The van der Waals surface area contributed by atoms with Crippen LogP contribution in [0.3, 0.4) is 0 Å². The van der Waals surface area contributed by atoms with E-state index in [1.54, 1.807) is 0 Å². The molecular weight excluding hydrogens is 224 g/mol. The number of carbonyl (C=O) groups is 1. The molecule has 1 aliphatic rings. The number of rotatable bonds is 4. The number of benzene rings is 1. The molecule has 1 aliphatic carbocycles. The summed E-state index contributed by atoms with van der Waals surface area (Å²) in [5.74, 6) is -0.0148. The lowest BCUT2D eigenvalue weighted by atomic mass is 9.78. The van der Waals surface area contributed by atoms with Crippen LogP contribution in [-0.4, -0.2) is 17.5 Å². The van der Waals surface area contributed by atoms with Crippen molar-refractivity contribution >= 4 is 5.91 Å². The molecule has 0 bridgehead atoms. The van der Waals surface area contributed by atoms with Crippen LogP contribution in [0, 0.1) is 0 Å². The third-order valence-corrected chi connectivity index (χ3v) is 4.19. The van der Waals surface area contributed by atoms with Gasteiger partial charge in [-0.2, -0.15) is 0 Å². The summed E-state index contributed by atoms with van der Waals surface area (Å²) in [5, 5.41) is 3.06. The van der Waals surface area contributed by atoms with Crippen LogP contribution in [0.1, 0.15) is 39.2 Å². The number of hydrogen-bond donors (Lipinski definition) is 2. The van der Waals surface area contributed by atoms with Gasteiger partial charge in [0.05, 0.1) is 5.54 Å². The predicted molar refractivity (Wildman–Crippen MR) is 73.2 cm³/mol. The van der Waals surface area contributed by atoms with Gasteiger partial charge in [0.2, 0.25) is 5.91 Å². The quantitative estimate of drug-likeness (QED) is 0.853. The van der Waals surface area contributed by atoms with E-state index in [-0.39, 0.29) is 17.4 Å². The van der Waals surface area contributed by atoms with E-state index < -0.39 is 5.54 Å². The molecule has 0 aliphatic heterocycles. The lowest BCUT2D eigenvalue weighted by molar-refractivity contribution is -0.124. The molecule has 98 valence electrons. The number of amides is 1. The molecule has 0 aromatic heterocycles. The molecule has 1 aromatic carbocycles. The molecule has 1 atom stereocenters. The van der Waals surface area contributed by atoms with Crippen molar-refractivity contribution in [1.82, 2.24) is 5.32 Å². The summed E-state index contributed by atoms with van der Waals surface area (Å²) in [6.45, 7) is 6.32. The van der Waals surface area contributed by atoms with Crippen LogP contribution in [-0.2, 0) is 10.2 Å². The highest BCUT2D eigenvalue weighted by Crippen LogP contribution is 2.33. The number of nitrogens with two attached hydrogens (primary N) is 1. The first-order valence-corrected chi connectivity index (χ1v) is 6.52. The van der Waals surface area contributed by atoms with Crippen LogP contribution in [0.2, 0.25) is 0 Å². The average Bonchev–Trinajstić information content (AvgIpc) is 3.09. The van der Waals surface area contributed by atoms with Gasteiger partial charge in [-0.15, -0.1) is 0 Å². The van der Waals surface area contributed by atoms with Gasteiger partial charge < -0.3 is 11.1 Å². The Kier molecular flexibility index (Phi) is 3.20. The second-order valence-electron chi connectivity index (χ2n) is 5.94. The first kappa shape index (κ1) is 13.1. The highest BCUT2D eigenvalue weighted by Gasteiger charge is 2.47. The standard InChI is InChI=1S/C15H22N2O/c1-11(17-13(18)15(16)9-10-15)14(2,3)12-7-5-4-6-8-12/h4-8,11H,9-10,16H2,1-3H3,(H,17,18). The minimum atomic E-state index is -0.596. The smallest absolute Gasteiger partial charge is 0.240 e. The summed E-state index contributed by atoms with van der Waals surface area (Å²) in [6.07, 6.45) is 1.61. The third kappa shape index (κ3) is 2.41. The first-order valence-electron chi connectivity index (χ1n) is 6.52. The highest BCUT2D eigenvalue weighted by molar-refractivity contribution is 5.89. The Morgan fingerprint density at radius 2 is 1.89 bits per heavy atom. The van der Waals surface area contributed by atoms with E-state index in [0.717, 1.165) is 12.8 Å². The lowest BCUT2D eigenvalue weighted by Crippen LogP contribution is -2.52. The van der Waals surface area contributed by atoms with Crippen molar-refractivity contribution in [3.05, 3.63) is 35.9 Å². The zero-order valence-electron chi connectivity index (χ0n) is 11.4. The minimum Gasteiger partial charge on any atom is -0.351 e. The fraction of sp³-hybridized carbons (Fsp3) is 0.533. The molecule has 1 unspecified atom stereocenters. The second-order valence-corrected chi connectivity index (χ2v) is 5.94. The summed E-state index contributed by atoms with van der Waals surface area (Å²) in [7, 11) is 0. The molecule has 3 nitrogen and oxygen atoms in total. The van der Waals surface area contributed by atoms with E-state index in [1.807, 2.05) is 25.1 Å². The van der Waals surface area contributed by atoms with E-state index >= 15 is 0 Å². The molecule has 0 saturated heterocycles. The maximum Gasteiger partial charge on any atom is 0.240 e. The third-order valence-electron chi connectivity index (χ3n) is 4.19. The first-order chi connectivity index (χ1) is 8.36. The lowest BCUT2D eigenvalue weighted by Gasteiger charge is -2.33. The van der Waals surface area contributed by atoms with Gasteiger partial charge in [0, 0.05) is 11.5 Å². The summed E-state index contributed by atoms with van der Waals surface area (Å²) in [5.41, 5.74) is 6.43. The van der Waals surface area contributed by atoms with Crippen LogP contribution in [0.4, 0.5) is 0 Å². The summed E-state index contributed by atoms with van der Waals surface area (Å²) < 4.78 is 0. The largest absolute Gasteiger partial charge is 0.351 e. The second kappa shape index (κ2) is 4.39. The predicted octanol–water partition coefficient (Wildman–Crippen LogP) is 1.96. The maximum atomic E-state index is 12.0. The van der Waals surface area contributed by atoms with Crippen molar-refractivity contribution in [2.45, 2.75) is 50.6 Å². The van der Waals surface area contributed by atoms with Gasteiger partial charge in [0.1, 0.15) is 0 Å². The Morgan fingerprint density at radius 1 is 1.33 bits per heavy atom. The Bertz CT molecular complexity index is 435. The highest BCUT2D eigenvalue weighted by atomic mass is 16.2. The molecular formula is C15H22N2O. The topological polar surface area (TPSA) is 55.1 Å². The number of nitrogens with one attached hydrogen (secondary N) is 1. The van der Waals surface area contributed by atoms with Crippen molar-refractivity contribution in [3.8, 4) is 0 Å². The molecule has 1 saturated carbocycles. The van der Waals surface area contributed by atoms with Gasteiger partial charge in [0.25, 0.3) is 0 Å². The van der Waals surface area contributed by atoms with Crippen LogP contribution in [0.25, 0.3) is 0 Å². The average molecular weight is 246 g/mol. The molecule has 1 amide bonds.